The summed E-state index contributed by atoms with van der Waals surface area (Å²) in [6, 6.07) is 0. The lowest BCUT2D eigenvalue weighted by atomic mass is 9.62. The van der Waals surface area contributed by atoms with Gasteiger partial charge in [-0.2, -0.15) is 0 Å². The fraction of sp³-hybridized carbons (Fsp3) is 0.517. The van der Waals surface area contributed by atoms with Crippen molar-refractivity contribution < 1.29 is 4.79 Å². The molecule has 0 spiro atoms. The Hall–Kier alpha value is -3.97. The molecule has 0 heterocycles. The maximum Gasteiger partial charge on any atom is 0.189 e. The van der Waals surface area contributed by atoms with Crippen LogP contribution in [0.3, 0.4) is 0 Å². The van der Waals surface area contributed by atoms with Crippen molar-refractivity contribution in [2.75, 3.05) is 0 Å². The SMILES string of the molecule is O=C1C(=C2Cc3c4c(c5c(c3C2)CCC5)CCC4)Cc2c3c(c4c(c21)CC1C2C(=C5Cc6c7c(c8c(c6C5C41)CCC8)CCC7)Cc1c4c(c5c(c12)CCC5)CCC4)CCC3. The van der Waals surface area contributed by atoms with Crippen LogP contribution in [0.4, 0.5) is 0 Å². The van der Waals surface area contributed by atoms with Gasteiger partial charge in [0, 0.05) is 29.4 Å². The predicted molar refractivity (Wildman–Crippen MR) is 242 cm³/mol. The summed E-state index contributed by atoms with van der Waals surface area (Å²) in [6.07, 6.45) is 34.3. The van der Waals surface area contributed by atoms with Gasteiger partial charge in [0.05, 0.1) is 0 Å². The molecule has 0 N–H and O–H groups in total. The Morgan fingerprint density at radius 1 is 0.311 bits per heavy atom. The number of hydrogen-bond donors (Lipinski definition) is 0. The average molecular weight is 795 g/mol. The maximum atomic E-state index is 15.7. The molecule has 0 amide bonds. The highest BCUT2D eigenvalue weighted by Crippen LogP contribution is 2.69. The fourth-order valence-corrected chi connectivity index (χ4v) is 19.3. The van der Waals surface area contributed by atoms with Crippen molar-refractivity contribution in [2.24, 2.45) is 5.92 Å². The minimum Gasteiger partial charge on any atom is -0.289 e. The lowest BCUT2D eigenvalue weighted by Gasteiger charge is -2.41. The van der Waals surface area contributed by atoms with Crippen LogP contribution in [0.2, 0.25) is 0 Å². The quantitative estimate of drug-likeness (QED) is 0.128. The first-order chi connectivity index (χ1) is 30.2. The largest absolute Gasteiger partial charge is 0.289 e. The minimum absolute atomic E-state index is 0.486. The summed E-state index contributed by atoms with van der Waals surface area (Å²) in [5.41, 5.74) is 48.4. The first-order valence-corrected chi connectivity index (χ1v) is 25.9. The molecule has 0 bridgehead atoms. The van der Waals surface area contributed by atoms with E-state index in [4.69, 9.17) is 0 Å². The Morgan fingerprint density at radius 3 is 1.20 bits per heavy atom. The number of benzene rings is 4. The van der Waals surface area contributed by atoms with Crippen LogP contribution < -0.4 is 0 Å². The van der Waals surface area contributed by atoms with Gasteiger partial charge >= 0.3 is 0 Å². The second kappa shape index (κ2) is 11.4. The molecule has 61 heavy (non-hydrogen) atoms. The van der Waals surface area contributed by atoms with Crippen molar-refractivity contribution in [1.82, 2.24) is 0 Å². The van der Waals surface area contributed by atoms with Crippen LogP contribution in [-0.4, -0.2) is 5.78 Å². The predicted octanol–water partition coefficient (Wildman–Crippen LogP) is 11.2. The molecule has 0 fully saturated rings. The van der Waals surface area contributed by atoms with Gasteiger partial charge < -0.3 is 0 Å². The molecule has 4 atom stereocenters. The molecule has 0 saturated carbocycles. The number of rotatable bonds is 0. The number of ketones is 1. The van der Waals surface area contributed by atoms with Gasteiger partial charge in [0.2, 0.25) is 0 Å². The van der Waals surface area contributed by atoms with E-state index < -0.39 is 0 Å². The van der Waals surface area contributed by atoms with Crippen LogP contribution in [-0.2, 0) is 128 Å². The first kappa shape index (κ1) is 33.6. The van der Waals surface area contributed by atoms with E-state index in [1.807, 2.05) is 77.9 Å². The Bertz CT molecular complexity index is 2940. The third-order valence-corrected chi connectivity index (χ3v) is 21.0. The van der Waals surface area contributed by atoms with Crippen LogP contribution in [0.1, 0.15) is 201 Å². The summed E-state index contributed by atoms with van der Waals surface area (Å²) in [5.74, 6) is 2.75. The second-order valence-electron chi connectivity index (χ2n) is 22.9. The summed E-state index contributed by atoms with van der Waals surface area (Å²) < 4.78 is 0. The average Bonchev–Trinajstić information content (AvgIpc) is 4.07. The number of carbonyl (C=O) groups is 1. The van der Waals surface area contributed by atoms with Crippen LogP contribution >= 0.6 is 0 Å². The van der Waals surface area contributed by atoms with E-state index in [2.05, 4.69) is 0 Å². The minimum atomic E-state index is 0.486. The number of allylic oxidation sites excluding steroid dienone is 4. The highest BCUT2D eigenvalue weighted by molar-refractivity contribution is 6.15. The highest BCUT2D eigenvalue weighted by Gasteiger charge is 2.58. The Labute approximate surface area is 361 Å². The van der Waals surface area contributed by atoms with Gasteiger partial charge in [0.1, 0.15) is 0 Å². The summed E-state index contributed by atoms with van der Waals surface area (Å²) in [5, 5.41) is 0. The van der Waals surface area contributed by atoms with Crippen LogP contribution in [0.5, 0.6) is 0 Å². The Kier molecular flexibility index (Phi) is 6.27. The van der Waals surface area contributed by atoms with Gasteiger partial charge in [0.25, 0.3) is 0 Å². The van der Waals surface area contributed by atoms with Crippen molar-refractivity contribution in [3.05, 3.63) is 156 Å². The lowest BCUT2D eigenvalue weighted by Crippen LogP contribution is -2.29. The van der Waals surface area contributed by atoms with Crippen molar-refractivity contribution in [3.63, 3.8) is 0 Å². The van der Waals surface area contributed by atoms with E-state index in [1.165, 1.54) is 170 Å². The molecule has 4 aromatic carbocycles. The molecule has 17 rings (SSSR count). The van der Waals surface area contributed by atoms with Gasteiger partial charge in [-0.15, -0.1) is 0 Å². The third kappa shape index (κ3) is 3.85. The number of Topliss-reactive ketones (excluding diaryl/α,β-unsaturated/α-hetero) is 1. The van der Waals surface area contributed by atoms with E-state index in [0.717, 1.165) is 25.7 Å². The summed E-state index contributed by atoms with van der Waals surface area (Å²) in [7, 11) is 0. The van der Waals surface area contributed by atoms with Gasteiger partial charge in [-0.25, -0.2) is 0 Å². The number of hydrogen-bond acceptors (Lipinski definition) is 1. The highest BCUT2D eigenvalue weighted by atomic mass is 16.1. The van der Waals surface area contributed by atoms with Gasteiger partial charge in [-0.1, -0.05) is 16.7 Å². The van der Waals surface area contributed by atoms with E-state index >= 15 is 4.79 Å². The maximum absolute atomic E-state index is 15.7. The first-order valence-electron chi connectivity index (χ1n) is 25.9. The fourth-order valence-electron chi connectivity index (χ4n) is 19.3. The van der Waals surface area contributed by atoms with Crippen LogP contribution in [0, 0.1) is 5.92 Å². The molecule has 0 aromatic heterocycles. The Morgan fingerprint density at radius 2 is 0.689 bits per heavy atom. The van der Waals surface area contributed by atoms with E-state index in [1.54, 1.807) is 55.6 Å². The molecular weight excluding hydrogens is 737 g/mol. The molecule has 0 saturated heterocycles. The standard InChI is InChI=1S/C60H58O/c61-60-43(28-22-44-35-14-1-8-29(35)30-9-2-15-36(30)45(44)23-28)24-48-39-18-7-21-42(39)55-51(57(48)60)27-52-56-49(25-46-37-16-3-10-31(37)33-12-5-19-40(33)53(46)56)50-26-47-38-17-4-11-32(38)34-13-6-20-41(34)54(47)58(50)59(52)55/h52,56,58-59H,1-27H2. The zero-order chi connectivity index (χ0) is 39.1. The molecule has 13 aliphatic rings. The number of carbonyl (C=O) groups excluding carboxylic acids is 1. The summed E-state index contributed by atoms with van der Waals surface area (Å²) in [6.45, 7) is 0. The Balaban J connectivity index is 0.888. The molecule has 1 nitrogen and oxygen atoms in total. The molecule has 0 aliphatic heterocycles. The summed E-state index contributed by atoms with van der Waals surface area (Å²) in [4.78, 5) is 15.7. The van der Waals surface area contributed by atoms with Gasteiger partial charge in [-0.05, 0) is 307 Å². The summed E-state index contributed by atoms with van der Waals surface area (Å²) >= 11 is 0. The second-order valence-corrected chi connectivity index (χ2v) is 22.9. The van der Waals surface area contributed by atoms with E-state index in [-0.39, 0.29) is 0 Å². The lowest BCUT2D eigenvalue weighted by molar-refractivity contribution is 0.103. The zero-order valence-electron chi connectivity index (χ0n) is 36.3. The number of fused-ring (bicyclic) bond motifs is 32. The van der Waals surface area contributed by atoms with Crippen molar-refractivity contribution in [1.29, 1.82) is 0 Å². The van der Waals surface area contributed by atoms with Crippen LogP contribution in [0.15, 0.2) is 22.3 Å². The molecule has 1 heteroatoms. The van der Waals surface area contributed by atoms with Crippen LogP contribution in [0.25, 0.3) is 0 Å². The topological polar surface area (TPSA) is 17.1 Å². The molecular formula is C60H58O. The molecule has 13 aliphatic carbocycles. The molecule has 0 radical (unpaired) electrons. The monoisotopic (exact) mass is 794 g/mol. The molecule has 4 unspecified atom stereocenters. The van der Waals surface area contributed by atoms with Crippen molar-refractivity contribution in [2.45, 2.75) is 191 Å². The van der Waals surface area contributed by atoms with Gasteiger partial charge in [-0.3, -0.25) is 4.79 Å². The van der Waals surface area contributed by atoms with Gasteiger partial charge in [0.15, 0.2) is 5.78 Å². The van der Waals surface area contributed by atoms with E-state index in [9.17, 15) is 0 Å². The van der Waals surface area contributed by atoms with Crippen molar-refractivity contribution in [3.8, 4) is 0 Å². The molecule has 4 aromatic rings. The normalized spacial score (nSPS) is 27.8. The molecule has 304 valence electrons. The third-order valence-electron chi connectivity index (χ3n) is 21.0. The smallest absolute Gasteiger partial charge is 0.189 e. The van der Waals surface area contributed by atoms with E-state index in [0.29, 0.717) is 29.5 Å². The van der Waals surface area contributed by atoms with Crippen molar-refractivity contribution >= 4 is 5.78 Å². The zero-order valence-corrected chi connectivity index (χ0v) is 36.3.